The molecule has 122 valence electrons. The second-order valence-electron chi connectivity index (χ2n) is 5.59. The molecule has 1 heterocycles. The molecular formula is C17H22N4O2. The standard InChI is InChI=1S/C17H22N4O2/c1-12(2)9-18-16-8-15(20-11-21-16)17(22)19-10-13-4-6-14(23-3)7-5-13/h4-8,11-12H,9-10H2,1-3H3,(H,19,22)(H,18,20,21). The first-order chi connectivity index (χ1) is 11.1. The summed E-state index contributed by atoms with van der Waals surface area (Å²) in [5, 5.41) is 6.03. The van der Waals surface area contributed by atoms with Gasteiger partial charge in [-0.05, 0) is 23.6 Å². The van der Waals surface area contributed by atoms with Gasteiger partial charge in [-0.15, -0.1) is 0 Å². The van der Waals surface area contributed by atoms with Crippen LogP contribution >= 0.6 is 0 Å². The van der Waals surface area contributed by atoms with E-state index in [1.165, 1.54) is 6.33 Å². The predicted octanol–water partition coefficient (Wildman–Crippen LogP) is 2.48. The van der Waals surface area contributed by atoms with E-state index in [1.807, 2.05) is 24.3 Å². The van der Waals surface area contributed by atoms with Gasteiger partial charge in [0.1, 0.15) is 23.6 Å². The third-order valence-electron chi connectivity index (χ3n) is 3.20. The maximum atomic E-state index is 12.2. The Balaban J connectivity index is 1.93. The number of nitrogens with zero attached hydrogens (tertiary/aromatic N) is 2. The Bertz CT molecular complexity index is 641. The summed E-state index contributed by atoms with van der Waals surface area (Å²) in [5.74, 6) is 1.72. The number of methoxy groups -OCH3 is 1. The minimum absolute atomic E-state index is 0.226. The SMILES string of the molecule is COc1ccc(CNC(=O)c2cc(NCC(C)C)ncn2)cc1. The molecule has 1 aromatic heterocycles. The van der Waals surface area contributed by atoms with Gasteiger partial charge in [0.05, 0.1) is 7.11 Å². The largest absolute Gasteiger partial charge is 0.497 e. The highest BCUT2D eigenvalue weighted by Crippen LogP contribution is 2.11. The van der Waals surface area contributed by atoms with Crippen molar-refractivity contribution in [3.63, 3.8) is 0 Å². The lowest BCUT2D eigenvalue weighted by Gasteiger charge is -2.09. The Morgan fingerprint density at radius 3 is 2.61 bits per heavy atom. The molecule has 6 heteroatoms. The van der Waals surface area contributed by atoms with E-state index in [0.29, 0.717) is 24.0 Å². The highest BCUT2D eigenvalue weighted by atomic mass is 16.5. The molecule has 1 aromatic carbocycles. The van der Waals surface area contributed by atoms with Crippen molar-refractivity contribution in [1.82, 2.24) is 15.3 Å². The maximum Gasteiger partial charge on any atom is 0.270 e. The van der Waals surface area contributed by atoms with Crippen LogP contribution in [0.5, 0.6) is 5.75 Å². The van der Waals surface area contributed by atoms with Gasteiger partial charge in [0, 0.05) is 19.2 Å². The van der Waals surface area contributed by atoms with E-state index in [0.717, 1.165) is 17.9 Å². The van der Waals surface area contributed by atoms with Gasteiger partial charge < -0.3 is 15.4 Å². The van der Waals surface area contributed by atoms with Crippen LogP contribution in [0.15, 0.2) is 36.7 Å². The smallest absolute Gasteiger partial charge is 0.270 e. The number of carbonyl (C=O) groups excluding carboxylic acids is 1. The Morgan fingerprint density at radius 2 is 1.96 bits per heavy atom. The molecule has 0 spiro atoms. The van der Waals surface area contributed by atoms with Crippen molar-refractivity contribution in [3.8, 4) is 5.75 Å². The monoisotopic (exact) mass is 314 g/mol. The zero-order valence-corrected chi connectivity index (χ0v) is 13.7. The number of nitrogens with one attached hydrogen (secondary N) is 2. The van der Waals surface area contributed by atoms with Gasteiger partial charge in [0.15, 0.2) is 0 Å². The fourth-order valence-electron chi connectivity index (χ4n) is 1.90. The van der Waals surface area contributed by atoms with Gasteiger partial charge in [0.2, 0.25) is 0 Å². The molecule has 0 saturated carbocycles. The summed E-state index contributed by atoms with van der Waals surface area (Å²) in [6, 6.07) is 9.20. The number of rotatable bonds is 7. The van der Waals surface area contributed by atoms with Crippen LogP contribution in [0.4, 0.5) is 5.82 Å². The van der Waals surface area contributed by atoms with Crippen LogP contribution in [0.1, 0.15) is 29.9 Å². The third kappa shape index (κ3) is 5.25. The summed E-state index contributed by atoms with van der Waals surface area (Å²) >= 11 is 0. The van der Waals surface area contributed by atoms with Crippen LogP contribution in [0.2, 0.25) is 0 Å². The minimum atomic E-state index is -0.226. The molecule has 6 nitrogen and oxygen atoms in total. The van der Waals surface area contributed by atoms with Gasteiger partial charge in [-0.1, -0.05) is 26.0 Å². The zero-order chi connectivity index (χ0) is 16.7. The Kier molecular flexibility index (Phi) is 5.91. The maximum absolute atomic E-state index is 12.2. The number of anilines is 1. The number of aromatic nitrogens is 2. The van der Waals surface area contributed by atoms with Crippen LogP contribution in [-0.2, 0) is 6.54 Å². The van der Waals surface area contributed by atoms with Crippen LogP contribution in [0.25, 0.3) is 0 Å². The van der Waals surface area contributed by atoms with E-state index in [1.54, 1.807) is 13.2 Å². The zero-order valence-electron chi connectivity index (χ0n) is 13.7. The molecule has 0 radical (unpaired) electrons. The Hall–Kier alpha value is -2.63. The highest BCUT2D eigenvalue weighted by Gasteiger charge is 2.08. The van der Waals surface area contributed by atoms with E-state index < -0.39 is 0 Å². The summed E-state index contributed by atoms with van der Waals surface area (Å²) in [5.41, 5.74) is 1.34. The molecule has 2 N–H and O–H groups in total. The molecule has 0 aliphatic rings. The molecule has 0 atom stereocenters. The van der Waals surface area contributed by atoms with E-state index in [4.69, 9.17) is 4.74 Å². The summed E-state index contributed by atoms with van der Waals surface area (Å²) < 4.78 is 5.11. The second kappa shape index (κ2) is 8.12. The number of hydrogen-bond acceptors (Lipinski definition) is 5. The number of amides is 1. The molecule has 23 heavy (non-hydrogen) atoms. The lowest BCUT2D eigenvalue weighted by atomic mass is 10.2. The van der Waals surface area contributed by atoms with Crippen LogP contribution in [-0.4, -0.2) is 29.5 Å². The third-order valence-corrected chi connectivity index (χ3v) is 3.20. The number of hydrogen-bond donors (Lipinski definition) is 2. The van der Waals surface area contributed by atoms with Gasteiger partial charge in [-0.2, -0.15) is 0 Å². The van der Waals surface area contributed by atoms with E-state index in [9.17, 15) is 4.79 Å². The van der Waals surface area contributed by atoms with Crippen molar-refractivity contribution >= 4 is 11.7 Å². The first-order valence-corrected chi connectivity index (χ1v) is 7.55. The van der Waals surface area contributed by atoms with Crippen molar-refractivity contribution in [2.45, 2.75) is 20.4 Å². The van der Waals surface area contributed by atoms with E-state index in [2.05, 4.69) is 34.4 Å². The van der Waals surface area contributed by atoms with Crippen LogP contribution in [0.3, 0.4) is 0 Å². The van der Waals surface area contributed by atoms with Crippen molar-refractivity contribution in [3.05, 3.63) is 47.9 Å². The molecule has 0 fully saturated rings. The van der Waals surface area contributed by atoms with Gasteiger partial charge >= 0.3 is 0 Å². The summed E-state index contributed by atoms with van der Waals surface area (Å²) in [6.45, 7) is 5.44. The molecule has 0 saturated heterocycles. The normalized spacial score (nSPS) is 10.4. The second-order valence-corrected chi connectivity index (χ2v) is 5.59. The van der Waals surface area contributed by atoms with Crippen LogP contribution < -0.4 is 15.4 Å². The average Bonchev–Trinajstić information content (AvgIpc) is 2.58. The van der Waals surface area contributed by atoms with Gasteiger partial charge in [0.25, 0.3) is 5.91 Å². The first kappa shape index (κ1) is 16.7. The molecule has 1 amide bonds. The van der Waals surface area contributed by atoms with Crippen molar-refractivity contribution < 1.29 is 9.53 Å². The Morgan fingerprint density at radius 1 is 1.22 bits per heavy atom. The molecule has 0 aliphatic carbocycles. The average molecular weight is 314 g/mol. The van der Waals surface area contributed by atoms with Crippen LogP contribution in [0, 0.1) is 5.92 Å². The fourth-order valence-corrected chi connectivity index (χ4v) is 1.90. The van der Waals surface area contributed by atoms with Crippen molar-refractivity contribution in [2.24, 2.45) is 5.92 Å². The molecular weight excluding hydrogens is 292 g/mol. The number of ether oxygens (including phenoxy) is 1. The molecule has 2 aromatic rings. The summed E-state index contributed by atoms with van der Waals surface area (Å²) in [7, 11) is 1.62. The summed E-state index contributed by atoms with van der Waals surface area (Å²) in [4.78, 5) is 20.3. The highest BCUT2D eigenvalue weighted by molar-refractivity contribution is 5.92. The van der Waals surface area contributed by atoms with Crippen molar-refractivity contribution in [1.29, 1.82) is 0 Å². The Labute approximate surface area is 136 Å². The number of benzene rings is 1. The molecule has 0 unspecified atom stereocenters. The molecule has 2 rings (SSSR count). The molecule has 0 aliphatic heterocycles. The fraction of sp³-hybridized carbons (Fsp3) is 0.353. The molecule has 0 bridgehead atoms. The van der Waals surface area contributed by atoms with E-state index >= 15 is 0 Å². The quantitative estimate of drug-likeness (QED) is 0.821. The van der Waals surface area contributed by atoms with Gasteiger partial charge in [-0.3, -0.25) is 4.79 Å². The lowest BCUT2D eigenvalue weighted by molar-refractivity contribution is 0.0946. The van der Waals surface area contributed by atoms with Gasteiger partial charge in [-0.25, -0.2) is 9.97 Å². The first-order valence-electron chi connectivity index (χ1n) is 7.55. The number of carbonyl (C=O) groups is 1. The summed E-state index contributed by atoms with van der Waals surface area (Å²) in [6.07, 6.45) is 1.39. The lowest BCUT2D eigenvalue weighted by Crippen LogP contribution is -2.24. The minimum Gasteiger partial charge on any atom is -0.497 e. The van der Waals surface area contributed by atoms with Crippen molar-refractivity contribution in [2.75, 3.05) is 19.0 Å². The predicted molar refractivity (Wildman–Crippen MR) is 89.5 cm³/mol. The van der Waals surface area contributed by atoms with E-state index in [-0.39, 0.29) is 5.91 Å². The topological polar surface area (TPSA) is 76.1 Å².